The average molecular weight is 363 g/mol. The molecular weight excluding hydrogens is 351 g/mol. The molecule has 0 spiro atoms. The Kier molecular flexibility index (Phi) is 4.26. The Morgan fingerprint density at radius 2 is 1.48 bits per heavy atom. The van der Waals surface area contributed by atoms with E-state index < -0.39 is 29.3 Å². The summed E-state index contributed by atoms with van der Waals surface area (Å²) in [6.07, 6.45) is -9.10. The van der Waals surface area contributed by atoms with Crippen molar-refractivity contribution in [2.24, 2.45) is 0 Å². The highest BCUT2D eigenvalue weighted by Crippen LogP contribution is 2.38. The van der Waals surface area contributed by atoms with Crippen molar-refractivity contribution in [3.05, 3.63) is 70.0 Å². The number of hydrogen-bond acceptors (Lipinski definition) is 1. The van der Waals surface area contributed by atoms with Crippen molar-refractivity contribution >= 4 is 0 Å². The maximum absolute atomic E-state index is 13.4. The predicted molar refractivity (Wildman–Crippen MR) is 75.8 cm³/mol. The van der Waals surface area contributed by atoms with Crippen LogP contribution in [0.2, 0.25) is 0 Å². The van der Waals surface area contributed by atoms with Gasteiger partial charge in [-0.25, -0.2) is 4.39 Å². The first kappa shape index (κ1) is 17.7. The zero-order valence-corrected chi connectivity index (χ0v) is 12.7. The molecule has 0 aromatic heterocycles. The van der Waals surface area contributed by atoms with Crippen molar-refractivity contribution in [2.75, 3.05) is 0 Å². The Morgan fingerprint density at radius 1 is 0.840 bits per heavy atom. The van der Waals surface area contributed by atoms with E-state index in [1.807, 2.05) is 0 Å². The molecule has 1 aliphatic rings. The molecule has 3 rings (SSSR count). The predicted octanol–water partition coefficient (Wildman–Crippen LogP) is 5.38. The lowest BCUT2D eigenvalue weighted by Crippen LogP contribution is -2.17. The van der Waals surface area contributed by atoms with Crippen molar-refractivity contribution in [1.82, 2.24) is 4.90 Å². The molecular formula is C17H12F7N. The number of rotatable bonds is 2. The van der Waals surface area contributed by atoms with Crippen LogP contribution in [0, 0.1) is 5.82 Å². The summed E-state index contributed by atoms with van der Waals surface area (Å²) >= 11 is 0. The second-order valence-corrected chi connectivity index (χ2v) is 5.93. The molecule has 0 aliphatic carbocycles. The van der Waals surface area contributed by atoms with E-state index in [0.29, 0.717) is 11.6 Å². The molecule has 0 saturated carbocycles. The summed E-state index contributed by atoms with van der Waals surface area (Å²) in [4.78, 5) is 1.63. The van der Waals surface area contributed by atoms with Crippen LogP contribution in [0.4, 0.5) is 30.7 Å². The van der Waals surface area contributed by atoms with Gasteiger partial charge in [-0.05, 0) is 41.0 Å². The highest BCUT2D eigenvalue weighted by molar-refractivity contribution is 5.40. The number of halogens is 7. The van der Waals surface area contributed by atoms with Gasteiger partial charge in [-0.2, -0.15) is 26.3 Å². The largest absolute Gasteiger partial charge is 0.416 e. The summed E-state index contributed by atoms with van der Waals surface area (Å²) < 4.78 is 90.2. The van der Waals surface area contributed by atoms with E-state index in [-0.39, 0.29) is 30.8 Å². The molecule has 1 nitrogen and oxygen atoms in total. The van der Waals surface area contributed by atoms with E-state index in [0.717, 1.165) is 18.2 Å². The molecule has 8 heteroatoms. The van der Waals surface area contributed by atoms with Crippen LogP contribution in [-0.4, -0.2) is 4.90 Å². The molecule has 0 bridgehead atoms. The Bertz CT molecular complexity index is 775. The summed E-state index contributed by atoms with van der Waals surface area (Å²) in [6.45, 7) is 0.244. The van der Waals surface area contributed by atoms with Crippen LogP contribution >= 0.6 is 0 Å². The van der Waals surface area contributed by atoms with Gasteiger partial charge in [0.15, 0.2) is 0 Å². The van der Waals surface area contributed by atoms with E-state index >= 15 is 0 Å². The lowest BCUT2D eigenvalue weighted by molar-refractivity contribution is -0.139. The third-order valence-electron chi connectivity index (χ3n) is 4.08. The van der Waals surface area contributed by atoms with E-state index in [9.17, 15) is 30.7 Å². The fraction of sp³-hybridized carbons (Fsp3) is 0.294. The quantitative estimate of drug-likeness (QED) is 0.648. The maximum atomic E-state index is 13.4. The highest BCUT2D eigenvalue weighted by atomic mass is 19.4. The third-order valence-corrected chi connectivity index (χ3v) is 4.08. The minimum absolute atomic E-state index is 0.0146. The van der Waals surface area contributed by atoms with Crippen LogP contribution in [0.15, 0.2) is 36.4 Å². The molecule has 134 valence electrons. The lowest BCUT2D eigenvalue weighted by Gasteiger charge is -2.16. The van der Waals surface area contributed by atoms with Gasteiger partial charge < -0.3 is 0 Å². The van der Waals surface area contributed by atoms with Gasteiger partial charge in [-0.3, -0.25) is 4.90 Å². The first-order chi connectivity index (χ1) is 11.5. The first-order valence-electron chi connectivity index (χ1n) is 7.31. The zero-order chi connectivity index (χ0) is 18.4. The summed E-state index contributed by atoms with van der Waals surface area (Å²) in [6, 6.07) is 5.98. The second-order valence-electron chi connectivity index (χ2n) is 5.93. The molecule has 0 amide bonds. The van der Waals surface area contributed by atoms with Gasteiger partial charge in [-0.1, -0.05) is 12.1 Å². The summed E-state index contributed by atoms with van der Waals surface area (Å²) in [5, 5.41) is 0. The lowest BCUT2D eigenvalue weighted by atomic mass is 10.0. The van der Waals surface area contributed by atoms with Crippen LogP contribution < -0.4 is 0 Å². The maximum Gasteiger partial charge on any atom is 0.416 e. The number of nitrogens with zero attached hydrogens (tertiary/aromatic N) is 1. The van der Waals surface area contributed by atoms with Crippen LogP contribution in [0.25, 0.3) is 0 Å². The zero-order valence-electron chi connectivity index (χ0n) is 12.7. The summed E-state index contributed by atoms with van der Waals surface area (Å²) in [5.41, 5.74) is -0.991. The van der Waals surface area contributed by atoms with Gasteiger partial charge in [-0.15, -0.1) is 0 Å². The summed E-state index contributed by atoms with van der Waals surface area (Å²) in [7, 11) is 0. The van der Waals surface area contributed by atoms with Crippen molar-refractivity contribution in [1.29, 1.82) is 0 Å². The van der Waals surface area contributed by atoms with E-state index in [2.05, 4.69) is 0 Å². The average Bonchev–Trinajstić information content (AvgIpc) is 2.86. The van der Waals surface area contributed by atoms with Crippen molar-refractivity contribution in [2.45, 2.75) is 32.0 Å². The Morgan fingerprint density at radius 3 is 2.04 bits per heavy atom. The van der Waals surface area contributed by atoms with Crippen LogP contribution in [-0.2, 0) is 32.0 Å². The van der Waals surface area contributed by atoms with E-state index in [1.54, 1.807) is 4.90 Å². The molecule has 0 radical (unpaired) electrons. The molecule has 0 N–H and O–H groups in total. The van der Waals surface area contributed by atoms with Gasteiger partial charge in [0.2, 0.25) is 0 Å². The van der Waals surface area contributed by atoms with Crippen molar-refractivity contribution in [3.8, 4) is 0 Å². The monoisotopic (exact) mass is 363 g/mol. The number of fused-ring (bicyclic) bond motifs is 1. The second kappa shape index (κ2) is 6.01. The van der Waals surface area contributed by atoms with Crippen LogP contribution in [0.5, 0.6) is 0 Å². The fourth-order valence-corrected chi connectivity index (χ4v) is 2.96. The Labute approximate surface area is 138 Å². The molecule has 0 fully saturated rings. The van der Waals surface area contributed by atoms with Crippen LogP contribution in [0.3, 0.4) is 0 Å². The summed E-state index contributed by atoms with van der Waals surface area (Å²) in [5.74, 6) is -0.956. The standard InChI is InChI=1S/C17H12F7N/c18-13-5-11-8-25(9-14(11)15(6-13)17(22,23)24)7-10-1-3-12(4-2-10)16(19,20)21/h1-6H,7-9H2. The van der Waals surface area contributed by atoms with Gasteiger partial charge >= 0.3 is 12.4 Å². The molecule has 1 heterocycles. The normalized spacial score (nSPS) is 15.5. The fourth-order valence-electron chi connectivity index (χ4n) is 2.96. The molecule has 2 aromatic carbocycles. The molecule has 25 heavy (non-hydrogen) atoms. The Balaban J connectivity index is 1.79. The van der Waals surface area contributed by atoms with E-state index in [1.165, 1.54) is 12.1 Å². The Hall–Kier alpha value is -2.09. The number of benzene rings is 2. The SMILES string of the molecule is Fc1cc2c(c(C(F)(F)F)c1)CN(Cc1ccc(C(F)(F)F)cc1)C2. The molecule has 0 saturated heterocycles. The number of alkyl halides is 6. The van der Waals surface area contributed by atoms with Crippen molar-refractivity contribution in [3.63, 3.8) is 0 Å². The van der Waals surface area contributed by atoms with Crippen LogP contribution in [0.1, 0.15) is 27.8 Å². The van der Waals surface area contributed by atoms with Gasteiger partial charge in [0.1, 0.15) is 5.82 Å². The molecule has 2 aromatic rings. The van der Waals surface area contributed by atoms with Crippen molar-refractivity contribution < 1.29 is 30.7 Å². The van der Waals surface area contributed by atoms with Gasteiger partial charge in [0.05, 0.1) is 11.1 Å². The smallest absolute Gasteiger partial charge is 0.291 e. The molecule has 0 unspecified atom stereocenters. The minimum atomic E-state index is -4.66. The third kappa shape index (κ3) is 3.78. The first-order valence-corrected chi connectivity index (χ1v) is 7.31. The molecule has 1 aliphatic heterocycles. The number of hydrogen-bond donors (Lipinski definition) is 0. The van der Waals surface area contributed by atoms with E-state index in [4.69, 9.17) is 0 Å². The van der Waals surface area contributed by atoms with Gasteiger partial charge in [0, 0.05) is 19.6 Å². The van der Waals surface area contributed by atoms with Gasteiger partial charge in [0.25, 0.3) is 0 Å². The molecule has 0 atom stereocenters. The topological polar surface area (TPSA) is 3.24 Å². The minimum Gasteiger partial charge on any atom is -0.291 e. The highest BCUT2D eigenvalue weighted by Gasteiger charge is 2.37.